The van der Waals surface area contributed by atoms with Crippen LogP contribution >= 0.6 is 0 Å². The van der Waals surface area contributed by atoms with Crippen LogP contribution in [0.2, 0.25) is 0 Å². The van der Waals surface area contributed by atoms with Crippen molar-refractivity contribution >= 4 is 29.1 Å². The first-order chi connectivity index (χ1) is 14.0. The Kier molecular flexibility index (Phi) is 5.05. The van der Waals surface area contributed by atoms with Crippen molar-refractivity contribution in [2.24, 2.45) is 11.8 Å². The van der Waals surface area contributed by atoms with Crippen molar-refractivity contribution in [3.05, 3.63) is 71.3 Å². The molecule has 29 heavy (non-hydrogen) atoms. The molecule has 1 aliphatic heterocycles. The molecule has 0 spiro atoms. The lowest BCUT2D eigenvalue weighted by Crippen LogP contribution is -2.31. The first kappa shape index (κ1) is 19.1. The van der Waals surface area contributed by atoms with E-state index in [4.69, 9.17) is 0 Å². The van der Waals surface area contributed by atoms with Crippen LogP contribution in [0.25, 0.3) is 0 Å². The summed E-state index contributed by atoms with van der Waals surface area (Å²) in [5.74, 6) is -1.18. The zero-order valence-electron chi connectivity index (χ0n) is 16.6. The van der Waals surface area contributed by atoms with E-state index in [1.54, 1.807) is 24.3 Å². The summed E-state index contributed by atoms with van der Waals surface area (Å²) >= 11 is 0. The molecule has 5 heteroatoms. The molecule has 148 valence electrons. The molecule has 0 saturated carbocycles. The lowest BCUT2D eigenvalue weighted by Gasteiger charge is -2.18. The molecular formula is C24H24N2O3. The van der Waals surface area contributed by atoms with Crippen molar-refractivity contribution in [1.29, 1.82) is 0 Å². The van der Waals surface area contributed by atoms with Gasteiger partial charge in [-0.15, -0.1) is 0 Å². The molecule has 0 aromatic heterocycles. The molecule has 1 N–H and O–H groups in total. The Morgan fingerprint density at radius 3 is 2.62 bits per heavy atom. The van der Waals surface area contributed by atoms with E-state index < -0.39 is 0 Å². The highest BCUT2D eigenvalue weighted by Crippen LogP contribution is 2.39. The molecule has 1 heterocycles. The molecule has 2 aliphatic rings. The standard InChI is InChI=1S/C24H24N2O3/c1-3-16-7-4-5-10-21(16)25-22(27)17-8-6-9-18(14-17)26-23(28)19-12-11-15(2)13-20(19)24(26)29/h4-11,14,19-20H,3,12-13H2,1-2H3,(H,25,27)/t19-,20+/m1/s1. The molecule has 2 atom stereocenters. The van der Waals surface area contributed by atoms with Gasteiger partial charge in [-0.05, 0) is 56.0 Å². The fourth-order valence-corrected chi connectivity index (χ4v) is 4.22. The van der Waals surface area contributed by atoms with Crippen LogP contribution in [0.4, 0.5) is 11.4 Å². The Bertz CT molecular complexity index is 1020. The smallest absolute Gasteiger partial charge is 0.255 e. The van der Waals surface area contributed by atoms with Crippen molar-refractivity contribution in [2.75, 3.05) is 10.2 Å². The van der Waals surface area contributed by atoms with Crippen LogP contribution in [0.3, 0.4) is 0 Å². The number of nitrogens with zero attached hydrogens (tertiary/aromatic N) is 1. The van der Waals surface area contributed by atoms with Crippen LogP contribution < -0.4 is 10.2 Å². The van der Waals surface area contributed by atoms with Gasteiger partial charge in [0.05, 0.1) is 17.5 Å². The molecular weight excluding hydrogens is 364 g/mol. The molecule has 3 amide bonds. The molecule has 1 fully saturated rings. The maximum Gasteiger partial charge on any atom is 0.255 e. The second-order valence-electron chi connectivity index (χ2n) is 7.73. The highest BCUT2D eigenvalue weighted by atomic mass is 16.2. The minimum absolute atomic E-state index is 0.165. The highest BCUT2D eigenvalue weighted by Gasteiger charge is 2.48. The van der Waals surface area contributed by atoms with E-state index >= 15 is 0 Å². The summed E-state index contributed by atoms with van der Waals surface area (Å²) in [7, 11) is 0. The molecule has 2 aromatic carbocycles. The van der Waals surface area contributed by atoms with Gasteiger partial charge in [0.2, 0.25) is 11.8 Å². The molecule has 2 aromatic rings. The SMILES string of the molecule is CCc1ccccc1NC(=O)c1cccc(N2C(=O)[C@H]3CC(C)=CC[C@H]3C2=O)c1. The van der Waals surface area contributed by atoms with E-state index in [2.05, 4.69) is 5.32 Å². The monoisotopic (exact) mass is 388 g/mol. The number of hydrogen-bond donors (Lipinski definition) is 1. The number of aryl methyl sites for hydroxylation is 1. The van der Waals surface area contributed by atoms with Crippen molar-refractivity contribution in [3.8, 4) is 0 Å². The van der Waals surface area contributed by atoms with E-state index in [9.17, 15) is 14.4 Å². The Morgan fingerprint density at radius 1 is 1.07 bits per heavy atom. The lowest BCUT2D eigenvalue weighted by molar-refractivity contribution is -0.122. The van der Waals surface area contributed by atoms with Gasteiger partial charge in [-0.25, -0.2) is 0 Å². The first-order valence-electron chi connectivity index (χ1n) is 10.0. The summed E-state index contributed by atoms with van der Waals surface area (Å²) in [6.45, 7) is 4.03. The molecule has 5 nitrogen and oxygen atoms in total. The number of hydrogen-bond acceptors (Lipinski definition) is 3. The number of anilines is 2. The van der Waals surface area contributed by atoms with Gasteiger partial charge in [0.25, 0.3) is 5.91 Å². The summed E-state index contributed by atoms with van der Waals surface area (Å²) in [6, 6.07) is 14.4. The number of carbonyl (C=O) groups excluding carboxylic acids is 3. The van der Waals surface area contributed by atoms with Crippen molar-refractivity contribution in [1.82, 2.24) is 0 Å². The van der Waals surface area contributed by atoms with Crippen molar-refractivity contribution in [3.63, 3.8) is 0 Å². The average molecular weight is 388 g/mol. The molecule has 1 aliphatic carbocycles. The molecule has 0 unspecified atom stereocenters. The first-order valence-corrected chi connectivity index (χ1v) is 10.0. The van der Waals surface area contributed by atoms with Gasteiger partial charge in [0.1, 0.15) is 0 Å². The minimum Gasteiger partial charge on any atom is -0.322 e. The predicted octanol–water partition coefficient (Wildman–Crippen LogP) is 4.35. The Hall–Kier alpha value is -3.21. The topological polar surface area (TPSA) is 66.5 Å². The number of para-hydroxylation sites is 1. The Morgan fingerprint density at radius 2 is 1.83 bits per heavy atom. The van der Waals surface area contributed by atoms with E-state index in [0.29, 0.717) is 24.1 Å². The normalized spacial score (nSPS) is 21.0. The number of allylic oxidation sites excluding steroid dienone is 2. The van der Waals surface area contributed by atoms with E-state index in [-0.39, 0.29) is 29.6 Å². The van der Waals surface area contributed by atoms with Crippen LogP contribution in [0, 0.1) is 11.8 Å². The summed E-state index contributed by atoms with van der Waals surface area (Å²) in [6.07, 6.45) is 4.08. The van der Waals surface area contributed by atoms with Gasteiger partial charge in [-0.2, -0.15) is 0 Å². The maximum absolute atomic E-state index is 12.9. The van der Waals surface area contributed by atoms with Crippen molar-refractivity contribution < 1.29 is 14.4 Å². The fourth-order valence-electron chi connectivity index (χ4n) is 4.22. The summed E-state index contributed by atoms with van der Waals surface area (Å²) < 4.78 is 0. The van der Waals surface area contributed by atoms with Gasteiger partial charge in [-0.3, -0.25) is 19.3 Å². The predicted molar refractivity (Wildman–Crippen MR) is 113 cm³/mol. The second kappa shape index (κ2) is 7.66. The van der Waals surface area contributed by atoms with Gasteiger partial charge in [-0.1, -0.05) is 42.8 Å². The Labute approximate surface area is 170 Å². The third-order valence-corrected chi connectivity index (χ3v) is 5.84. The number of fused-ring (bicyclic) bond motifs is 1. The zero-order valence-corrected chi connectivity index (χ0v) is 16.6. The maximum atomic E-state index is 12.9. The average Bonchev–Trinajstić information content (AvgIpc) is 2.98. The molecule has 1 saturated heterocycles. The summed E-state index contributed by atoms with van der Waals surface area (Å²) in [5.41, 5.74) is 3.85. The Balaban J connectivity index is 1.58. The number of imide groups is 1. The largest absolute Gasteiger partial charge is 0.322 e. The minimum atomic E-state index is -0.292. The van der Waals surface area contributed by atoms with Gasteiger partial charge in [0.15, 0.2) is 0 Å². The van der Waals surface area contributed by atoms with Crippen LogP contribution in [-0.4, -0.2) is 17.7 Å². The highest BCUT2D eigenvalue weighted by molar-refractivity contribution is 6.22. The fraction of sp³-hybridized carbons (Fsp3) is 0.292. The van der Waals surface area contributed by atoms with Crippen LogP contribution in [0.15, 0.2) is 60.2 Å². The lowest BCUT2D eigenvalue weighted by atomic mass is 9.82. The number of amides is 3. The van der Waals surface area contributed by atoms with Crippen LogP contribution in [-0.2, 0) is 16.0 Å². The van der Waals surface area contributed by atoms with Crippen molar-refractivity contribution in [2.45, 2.75) is 33.1 Å². The van der Waals surface area contributed by atoms with Gasteiger partial charge in [0, 0.05) is 11.3 Å². The molecule has 0 radical (unpaired) electrons. The second-order valence-corrected chi connectivity index (χ2v) is 7.73. The summed E-state index contributed by atoms with van der Waals surface area (Å²) in [5, 5.41) is 2.94. The number of benzene rings is 2. The van der Waals surface area contributed by atoms with Crippen LogP contribution in [0.1, 0.15) is 42.6 Å². The quantitative estimate of drug-likeness (QED) is 0.626. The number of rotatable bonds is 4. The molecule has 4 rings (SSSR count). The number of carbonyl (C=O) groups is 3. The molecule has 0 bridgehead atoms. The van der Waals surface area contributed by atoms with Crippen LogP contribution in [0.5, 0.6) is 0 Å². The van der Waals surface area contributed by atoms with E-state index in [1.807, 2.05) is 44.2 Å². The third-order valence-electron chi connectivity index (χ3n) is 5.84. The summed E-state index contributed by atoms with van der Waals surface area (Å²) in [4.78, 5) is 39.9. The van der Waals surface area contributed by atoms with Gasteiger partial charge >= 0.3 is 0 Å². The zero-order chi connectivity index (χ0) is 20.5. The van der Waals surface area contributed by atoms with E-state index in [0.717, 1.165) is 23.2 Å². The third kappa shape index (κ3) is 3.48. The van der Waals surface area contributed by atoms with Gasteiger partial charge < -0.3 is 5.32 Å². The van der Waals surface area contributed by atoms with E-state index in [1.165, 1.54) is 4.90 Å². The number of nitrogens with one attached hydrogen (secondary N) is 1.